The molecule has 0 unspecified atom stereocenters. The number of thiazole rings is 1. The molecule has 0 bridgehead atoms. The molecule has 7 rings (SSSR count). The molecule has 0 spiro atoms. The van der Waals surface area contributed by atoms with Crippen LogP contribution in [0.3, 0.4) is 0 Å². The lowest BCUT2D eigenvalue weighted by Crippen LogP contribution is -2.34. The van der Waals surface area contributed by atoms with Crippen molar-refractivity contribution in [3.8, 4) is 11.1 Å². The summed E-state index contributed by atoms with van der Waals surface area (Å²) in [5.74, 6) is 0.749. The van der Waals surface area contributed by atoms with E-state index in [9.17, 15) is 9.90 Å². The highest BCUT2D eigenvalue weighted by Crippen LogP contribution is 2.41. The smallest absolute Gasteiger partial charge is 0.315 e. The molecule has 49 heavy (non-hydrogen) atoms. The van der Waals surface area contributed by atoms with Crippen LogP contribution in [0.15, 0.2) is 132 Å². The van der Waals surface area contributed by atoms with E-state index < -0.39 is 6.29 Å². The molecule has 1 aliphatic heterocycles. The highest BCUT2D eigenvalue weighted by Gasteiger charge is 2.32. The molecular formula is C40H37N3O4S2. The van der Waals surface area contributed by atoms with Gasteiger partial charge in [0.1, 0.15) is 0 Å². The van der Waals surface area contributed by atoms with Crippen LogP contribution in [0.2, 0.25) is 0 Å². The molecule has 1 fully saturated rings. The maximum Gasteiger partial charge on any atom is 0.315 e. The van der Waals surface area contributed by atoms with Gasteiger partial charge in [-0.3, -0.25) is 0 Å². The van der Waals surface area contributed by atoms with E-state index in [2.05, 4.69) is 41.0 Å². The molecule has 3 atom stereocenters. The lowest BCUT2D eigenvalue weighted by atomic mass is 9.99. The van der Waals surface area contributed by atoms with Gasteiger partial charge in [-0.15, -0.1) is 11.3 Å². The first-order chi connectivity index (χ1) is 24.1. The number of benzene rings is 5. The molecule has 0 aliphatic carbocycles. The van der Waals surface area contributed by atoms with Gasteiger partial charge in [0.15, 0.2) is 10.6 Å². The van der Waals surface area contributed by atoms with Gasteiger partial charge in [-0.05, 0) is 57.6 Å². The van der Waals surface area contributed by atoms with Gasteiger partial charge in [0, 0.05) is 30.8 Å². The van der Waals surface area contributed by atoms with E-state index >= 15 is 0 Å². The summed E-state index contributed by atoms with van der Waals surface area (Å²) < 4.78 is 15.5. The number of para-hydroxylation sites is 1. The number of fused-ring (bicyclic) bond motifs is 1. The molecule has 3 N–H and O–H groups in total. The summed E-state index contributed by atoms with van der Waals surface area (Å²) in [7, 11) is 0. The third-order valence-electron chi connectivity index (χ3n) is 8.45. The Morgan fingerprint density at radius 2 is 1.47 bits per heavy atom. The van der Waals surface area contributed by atoms with Crippen molar-refractivity contribution in [2.75, 3.05) is 5.75 Å². The van der Waals surface area contributed by atoms with Crippen LogP contribution in [0.4, 0.5) is 4.79 Å². The monoisotopic (exact) mass is 687 g/mol. The van der Waals surface area contributed by atoms with Crippen LogP contribution in [0.1, 0.15) is 46.6 Å². The lowest BCUT2D eigenvalue weighted by molar-refractivity contribution is -0.245. The first-order valence-electron chi connectivity index (χ1n) is 16.3. The first kappa shape index (κ1) is 33.0. The summed E-state index contributed by atoms with van der Waals surface area (Å²) in [4.78, 5) is 17.3. The number of nitrogens with zero attached hydrogens (tertiary/aromatic N) is 1. The van der Waals surface area contributed by atoms with Gasteiger partial charge >= 0.3 is 6.03 Å². The molecular weight excluding hydrogens is 651 g/mol. The highest BCUT2D eigenvalue weighted by molar-refractivity contribution is 8.01. The van der Waals surface area contributed by atoms with Gasteiger partial charge in [0.25, 0.3) is 0 Å². The maximum absolute atomic E-state index is 12.5. The number of aliphatic hydroxyl groups excluding tert-OH is 1. The van der Waals surface area contributed by atoms with Gasteiger partial charge in [0.05, 0.1) is 29.0 Å². The van der Waals surface area contributed by atoms with Gasteiger partial charge in [-0.25, -0.2) is 9.78 Å². The van der Waals surface area contributed by atoms with E-state index in [-0.39, 0.29) is 24.8 Å². The number of rotatable bonds is 11. The number of nitrogens with one attached hydrogen (secondary N) is 2. The molecule has 6 aromatic rings. The average molecular weight is 688 g/mol. The third-order valence-corrected chi connectivity index (χ3v) is 10.8. The summed E-state index contributed by atoms with van der Waals surface area (Å²) in [6.07, 6.45) is -0.0844. The summed E-state index contributed by atoms with van der Waals surface area (Å²) >= 11 is 3.43. The number of urea groups is 1. The molecule has 0 saturated carbocycles. The molecule has 0 radical (unpaired) electrons. The van der Waals surface area contributed by atoms with Gasteiger partial charge in [-0.2, -0.15) is 0 Å². The lowest BCUT2D eigenvalue weighted by Gasteiger charge is -2.36. The quantitative estimate of drug-likeness (QED) is 0.118. The van der Waals surface area contributed by atoms with Gasteiger partial charge in [0.2, 0.25) is 0 Å². The van der Waals surface area contributed by atoms with Crippen molar-refractivity contribution in [3.63, 3.8) is 0 Å². The van der Waals surface area contributed by atoms with Crippen molar-refractivity contribution < 1.29 is 19.4 Å². The van der Waals surface area contributed by atoms with Crippen LogP contribution in [-0.2, 0) is 29.2 Å². The summed E-state index contributed by atoms with van der Waals surface area (Å²) in [5.41, 5.74) is 8.02. The summed E-state index contributed by atoms with van der Waals surface area (Å²) in [6, 6.07) is 42.3. The Morgan fingerprint density at radius 1 is 0.755 bits per heavy atom. The molecule has 248 valence electrons. The summed E-state index contributed by atoms with van der Waals surface area (Å²) in [5, 5.41) is 15.5. The molecule has 1 aromatic heterocycles. The minimum Gasteiger partial charge on any atom is -0.392 e. The number of aliphatic hydroxyl groups is 1. The highest BCUT2D eigenvalue weighted by atomic mass is 32.2. The van der Waals surface area contributed by atoms with E-state index in [1.165, 1.54) is 4.70 Å². The summed E-state index contributed by atoms with van der Waals surface area (Å²) in [6.45, 7) is 0.888. The second kappa shape index (κ2) is 15.8. The fourth-order valence-corrected chi connectivity index (χ4v) is 7.96. The molecule has 1 saturated heterocycles. The standard InChI is InChI=1S/C40H37N3O4S2/c44-25-28-16-18-30(19-17-28)36-22-34(26-48-40-43-35-14-4-5-15-37(35)49-40)46-38(47-36)33-13-7-12-32(21-33)31-11-6-10-29(20-31)24-42-39(45)41-23-27-8-2-1-3-9-27/h1-21,34,36,38,44H,22-26H2,(H2,41,42,45)/t34-,36+,38+/m1/s1. The molecule has 5 aromatic carbocycles. The molecule has 9 heteroatoms. The third kappa shape index (κ3) is 8.57. The van der Waals surface area contributed by atoms with Crippen molar-refractivity contribution in [3.05, 3.63) is 155 Å². The van der Waals surface area contributed by atoms with Crippen molar-refractivity contribution in [2.45, 2.75) is 49.0 Å². The van der Waals surface area contributed by atoms with Crippen molar-refractivity contribution in [1.82, 2.24) is 15.6 Å². The Kier molecular flexibility index (Phi) is 10.6. The topological polar surface area (TPSA) is 92.7 Å². The Balaban J connectivity index is 1.05. The minimum atomic E-state index is -0.560. The van der Waals surface area contributed by atoms with E-state index in [0.29, 0.717) is 19.5 Å². The molecule has 7 nitrogen and oxygen atoms in total. The van der Waals surface area contributed by atoms with Gasteiger partial charge < -0.3 is 25.2 Å². The average Bonchev–Trinajstić information content (AvgIpc) is 3.59. The zero-order valence-electron chi connectivity index (χ0n) is 26.8. The fourth-order valence-electron chi connectivity index (χ4n) is 5.85. The predicted molar refractivity (Wildman–Crippen MR) is 196 cm³/mol. The number of hydrogen-bond acceptors (Lipinski definition) is 7. The SMILES string of the molecule is O=C(NCc1ccccc1)NCc1cccc(-c2cccc([C@H]3O[C@@H](CSc4nc5ccccc5s4)C[C@@H](c4ccc(CO)cc4)O3)c2)c1. The maximum atomic E-state index is 12.5. The zero-order valence-corrected chi connectivity index (χ0v) is 28.5. The number of thioether (sulfide) groups is 1. The first-order valence-corrected chi connectivity index (χ1v) is 18.1. The fraction of sp³-hybridized carbons (Fsp3) is 0.200. The van der Waals surface area contributed by atoms with Crippen molar-refractivity contribution in [2.24, 2.45) is 0 Å². The Labute approximate surface area is 294 Å². The molecule has 2 amide bonds. The normalized spacial score (nSPS) is 17.5. The number of carbonyl (C=O) groups is 1. The van der Waals surface area contributed by atoms with E-state index in [4.69, 9.17) is 14.5 Å². The molecule has 2 heterocycles. The van der Waals surface area contributed by atoms with Crippen LogP contribution in [0.5, 0.6) is 0 Å². The van der Waals surface area contributed by atoms with E-state index in [1.54, 1.807) is 23.1 Å². The zero-order chi connectivity index (χ0) is 33.4. The van der Waals surface area contributed by atoms with Crippen molar-refractivity contribution >= 4 is 39.3 Å². The van der Waals surface area contributed by atoms with Gasteiger partial charge in [-0.1, -0.05) is 115 Å². The Morgan fingerprint density at radius 3 is 2.27 bits per heavy atom. The predicted octanol–water partition coefficient (Wildman–Crippen LogP) is 8.79. The largest absolute Gasteiger partial charge is 0.392 e. The molecule has 1 aliphatic rings. The van der Waals surface area contributed by atoms with Crippen LogP contribution in [0, 0.1) is 0 Å². The minimum absolute atomic E-state index is 0.00445. The van der Waals surface area contributed by atoms with E-state index in [0.717, 1.165) is 54.6 Å². The van der Waals surface area contributed by atoms with Crippen LogP contribution in [0.25, 0.3) is 21.3 Å². The Bertz CT molecular complexity index is 1970. The second-order valence-electron chi connectivity index (χ2n) is 12.0. The van der Waals surface area contributed by atoms with E-state index in [1.807, 2.05) is 97.1 Å². The van der Waals surface area contributed by atoms with Crippen LogP contribution >= 0.6 is 23.1 Å². The van der Waals surface area contributed by atoms with Crippen molar-refractivity contribution in [1.29, 1.82) is 0 Å². The number of carbonyl (C=O) groups excluding carboxylic acids is 1. The Hall–Kier alpha value is -4.51. The van der Waals surface area contributed by atoms with Crippen LogP contribution in [-0.4, -0.2) is 28.0 Å². The number of hydrogen-bond donors (Lipinski definition) is 3. The number of aromatic nitrogens is 1. The van der Waals surface area contributed by atoms with Crippen LogP contribution < -0.4 is 10.6 Å². The number of ether oxygens (including phenoxy) is 2. The second-order valence-corrected chi connectivity index (χ2v) is 14.3. The number of amides is 2.